The Balaban J connectivity index is 1.23. The van der Waals surface area contributed by atoms with Crippen LogP contribution in [0.25, 0.3) is 26.7 Å². The van der Waals surface area contributed by atoms with E-state index >= 15 is 0 Å². The van der Waals surface area contributed by atoms with Crippen LogP contribution in [0.1, 0.15) is 27.8 Å². The van der Waals surface area contributed by atoms with E-state index < -0.39 is 21.6 Å². The lowest BCUT2D eigenvalue weighted by molar-refractivity contribution is 0.436. The summed E-state index contributed by atoms with van der Waals surface area (Å²) in [5.74, 6) is 1.65. The largest absolute Gasteiger partial charge is 0.457 e. The Labute approximate surface area is 401 Å². The molecule has 0 fully saturated rings. The van der Waals surface area contributed by atoms with E-state index in [0.29, 0.717) is 11.3 Å². The molecular weight excluding hydrogens is 861 g/mol. The fraction of sp³-hybridized carbons (Fsp3) is 0.115. The number of hydrogen-bond acceptors (Lipinski definition) is 4. The van der Waals surface area contributed by atoms with Crippen molar-refractivity contribution < 1.29 is 4.74 Å². The van der Waals surface area contributed by atoms with E-state index in [0.717, 1.165) is 67.5 Å². The molecule has 0 saturated carbocycles. The smallest absolute Gasteiger partial charge is 0.187 e. The van der Waals surface area contributed by atoms with Crippen molar-refractivity contribution in [3.05, 3.63) is 233 Å². The second kappa shape index (κ2) is 16.1. The molecule has 7 heteroatoms. The molecular formula is C61H50N4OSi2. The van der Waals surface area contributed by atoms with Gasteiger partial charge >= 0.3 is 0 Å². The van der Waals surface area contributed by atoms with Gasteiger partial charge in [-0.05, 0) is 119 Å². The minimum atomic E-state index is -1.60. The maximum Gasteiger partial charge on any atom is 0.187 e. The highest BCUT2D eigenvalue weighted by Gasteiger charge is 2.52. The number of ether oxygens (including phenoxy) is 1. The Bertz CT molecular complexity index is 3470. The number of nitriles is 1. The molecule has 1 aliphatic carbocycles. The number of fused-ring (bicyclic) bond motifs is 11. The highest BCUT2D eigenvalue weighted by Crippen LogP contribution is 2.65. The maximum absolute atomic E-state index is 9.90. The van der Waals surface area contributed by atoms with Gasteiger partial charge in [0.05, 0.1) is 45.5 Å². The molecule has 2 aliphatic rings. The molecule has 0 saturated heterocycles. The predicted molar refractivity (Wildman–Crippen MR) is 288 cm³/mol. The summed E-state index contributed by atoms with van der Waals surface area (Å²) in [7, 11) is -3.18. The minimum Gasteiger partial charge on any atom is -0.457 e. The first kappa shape index (κ1) is 42.7. The van der Waals surface area contributed by atoms with E-state index in [9.17, 15) is 5.26 Å². The van der Waals surface area contributed by atoms with Gasteiger partial charge in [0.25, 0.3) is 0 Å². The van der Waals surface area contributed by atoms with Crippen LogP contribution in [0.2, 0.25) is 39.3 Å². The molecule has 11 rings (SSSR count). The first-order chi connectivity index (χ1) is 32.9. The Morgan fingerprint density at radius 1 is 0.485 bits per heavy atom. The van der Waals surface area contributed by atoms with Gasteiger partial charge in [-0.25, -0.2) is 4.85 Å². The standard InChI is InChI=1S/C61H50N4OSi2/c1-63-42-22-26-43(27-23-42)64(44-28-33-48(34-29-44)67(2,3)4)47-32-37-52-55(38-47)61(53-16-10-12-18-58(53)66-59-19-13-11-17-54(59)61)56-39-57(50-14-8-9-15-51(50)60(52)56)65(45-24-20-41(40-62)21-25-45)46-30-35-49(36-31-46)68(5,6)7/h8-39H,2-7H3. The first-order valence-electron chi connectivity index (χ1n) is 23.3. The van der Waals surface area contributed by atoms with Crippen molar-refractivity contribution >= 4 is 77.1 Å². The summed E-state index contributed by atoms with van der Waals surface area (Å²) in [6.45, 7) is 22.0. The molecule has 9 aromatic rings. The zero-order valence-corrected chi connectivity index (χ0v) is 41.2. The molecule has 1 heterocycles. The summed E-state index contributed by atoms with van der Waals surface area (Å²) in [5, 5.41) is 15.0. The maximum atomic E-state index is 9.90. The van der Waals surface area contributed by atoms with Crippen molar-refractivity contribution in [2.45, 2.75) is 44.7 Å². The van der Waals surface area contributed by atoms with E-state index in [1.807, 2.05) is 24.3 Å². The van der Waals surface area contributed by atoms with Crippen molar-refractivity contribution in [2.75, 3.05) is 9.80 Å². The summed E-state index contributed by atoms with van der Waals surface area (Å²) in [4.78, 5) is 8.44. The van der Waals surface area contributed by atoms with Crippen LogP contribution in [0.15, 0.2) is 194 Å². The highest BCUT2D eigenvalue weighted by atomic mass is 28.3. The molecule has 1 spiro atoms. The number of hydrogen-bond donors (Lipinski definition) is 0. The monoisotopic (exact) mass is 910 g/mol. The summed E-state index contributed by atoms with van der Waals surface area (Å²) >= 11 is 0. The fourth-order valence-electron chi connectivity index (χ4n) is 10.5. The predicted octanol–water partition coefficient (Wildman–Crippen LogP) is 15.8. The van der Waals surface area contributed by atoms with Gasteiger partial charge in [-0.2, -0.15) is 5.26 Å². The van der Waals surface area contributed by atoms with Gasteiger partial charge in [-0.3, -0.25) is 0 Å². The van der Waals surface area contributed by atoms with Gasteiger partial charge in [0.2, 0.25) is 0 Å². The van der Waals surface area contributed by atoms with E-state index in [1.165, 1.54) is 32.6 Å². The van der Waals surface area contributed by atoms with Crippen molar-refractivity contribution in [1.82, 2.24) is 0 Å². The van der Waals surface area contributed by atoms with Gasteiger partial charge in [0, 0.05) is 45.0 Å². The molecule has 0 bridgehead atoms. The third-order valence-electron chi connectivity index (χ3n) is 13.9. The Morgan fingerprint density at radius 3 is 1.49 bits per heavy atom. The third kappa shape index (κ3) is 6.85. The lowest BCUT2D eigenvalue weighted by Crippen LogP contribution is -2.37. The Hall–Kier alpha value is -7.95. The summed E-state index contributed by atoms with van der Waals surface area (Å²) in [6.07, 6.45) is 0. The van der Waals surface area contributed by atoms with Crippen LogP contribution in [0.5, 0.6) is 11.5 Å². The first-order valence-corrected chi connectivity index (χ1v) is 30.3. The second-order valence-electron chi connectivity index (χ2n) is 20.0. The summed E-state index contributed by atoms with van der Waals surface area (Å²) in [6, 6.07) is 71.8. The third-order valence-corrected chi connectivity index (χ3v) is 18.0. The van der Waals surface area contributed by atoms with Gasteiger partial charge < -0.3 is 14.5 Å². The van der Waals surface area contributed by atoms with Gasteiger partial charge in [-0.1, -0.05) is 153 Å². The van der Waals surface area contributed by atoms with Crippen LogP contribution in [-0.2, 0) is 5.41 Å². The van der Waals surface area contributed by atoms with Crippen LogP contribution in [-0.4, -0.2) is 16.1 Å². The molecule has 1 aliphatic heterocycles. The zero-order chi connectivity index (χ0) is 47.0. The van der Waals surface area contributed by atoms with Crippen LogP contribution >= 0.6 is 0 Å². The minimum absolute atomic E-state index is 0.603. The number of benzene rings is 9. The Kier molecular flexibility index (Phi) is 10.1. The quantitative estimate of drug-likeness (QED) is 0.113. The lowest BCUT2D eigenvalue weighted by atomic mass is 9.66. The molecule has 328 valence electrons. The molecule has 0 radical (unpaired) electrons. The van der Waals surface area contributed by atoms with Crippen LogP contribution in [0.3, 0.4) is 0 Å². The van der Waals surface area contributed by atoms with Crippen molar-refractivity contribution in [3.8, 4) is 28.7 Å². The topological polar surface area (TPSA) is 43.9 Å². The molecule has 0 unspecified atom stereocenters. The number of anilines is 6. The molecule has 0 aromatic heterocycles. The average Bonchev–Trinajstić information content (AvgIpc) is 3.64. The highest BCUT2D eigenvalue weighted by molar-refractivity contribution is 6.89. The normalized spacial score (nSPS) is 13.1. The van der Waals surface area contributed by atoms with Crippen LogP contribution in [0, 0.1) is 17.9 Å². The summed E-state index contributed by atoms with van der Waals surface area (Å²) in [5.41, 5.74) is 13.4. The fourth-order valence-corrected chi connectivity index (χ4v) is 12.8. The van der Waals surface area contributed by atoms with E-state index in [1.54, 1.807) is 0 Å². The molecule has 9 aromatic carbocycles. The molecule has 5 nitrogen and oxygen atoms in total. The van der Waals surface area contributed by atoms with E-state index in [4.69, 9.17) is 11.3 Å². The second-order valence-corrected chi connectivity index (χ2v) is 30.1. The van der Waals surface area contributed by atoms with Crippen molar-refractivity contribution in [2.24, 2.45) is 0 Å². The molecule has 0 amide bonds. The molecule has 0 atom stereocenters. The van der Waals surface area contributed by atoms with E-state index in [2.05, 4.69) is 230 Å². The van der Waals surface area contributed by atoms with Gasteiger partial charge in [-0.15, -0.1) is 0 Å². The lowest BCUT2D eigenvalue weighted by Gasteiger charge is -2.40. The van der Waals surface area contributed by atoms with Gasteiger partial charge in [0.1, 0.15) is 11.5 Å². The van der Waals surface area contributed by atoms with Crippen LogP contribution < -0.4 is 24.9 Å². The van der Waals surface area contributed by atoms with Crippen molar-refractivity contribution in [1.29, 1.82) is 5.26 Å². The summed E-state index contributed by atoms with van der Waals surface area (Å²) < 4.78 is 6.87. The van der Waals surface area contributed by atoms with Crippen LogP contribution in [0.4, 0.5) is 39.8 Å². The van der Waals surface area contributed by atoms with E-state index in [-0.39, 0.29) is 0 Å². The SMILES string of the molecule is [C-]#[N+]c1ccc(N(c2ccc([Si](C)(C)C)cc2)c2ccc3c(c2)C2(c4ccccc4Oc4ccccc42)c2cc(N(c4ccc(C#N)cc4)c4ccc([Si](C)(C)C)cc4)c4ccccc4c2-3)cc1. The van der Waals surface area contributed by atoms with Crippen molar-refractivity contribution in [3.63, 3.8) is 0 Å². The Morgan fingerprint density at radius 2 is 0.956 bits per heavy atom. The number of para-hydroxylation sites is 2. The number of rotatable bonds is 8. The number of nitrogens with zero attached hydrogens (tertiary/aromatic N) is 4. The molecule has 68 heavy (non-hydrogen) atoms. The average molecular weight is 911 g/mol. The zero-order valence-electron chi connectivity index (χ0n) is 39.2. The van der Waals surface area contributed by atoms with Gasteiger partial charge in [0.15, 0.2) is 5.69 Å². The molecule has 0 N–H and O–H groups in total.